The molecule has 6 nitrogen and oxygen atoms in total. The first-order valence-corrected chi connectivity index (χ1v) is 5.34. The van der Waals surface area contributed by atoms with Gasteiger partial charge in [0.05, 0.1) is 12.2 Å². The van der Waals surface area contributed by atoms with Crippen LogP contribution >= 0.6 is 0 Å². The lowest BCUT2D eigenvalue weighted by molar-refractivity contribution is 0.0572. The van der Waals surface area contributed by atoms with Gasteiger partial charge in [-0.15, -0.1) is 0 Å². The quantitative estimate of drug-likeness (QED) is 0.576. The van der Waals surface area contributed by atoms with Gasteiger partial charge >= 0.3 is 0 Å². The number of aliphatic hydroxyl groups is 2. The summed E-state index contributed by atoms with van der Waals surface area (Å²) in [5.41, 5.74) is 0.340. The van der Waals surface area contributed by atoms with Crippen LogP contribution in [-0.2, 0) is 0 Å². The van der Waals surface area contributed by atoms with E-state index >= 15 is 0 Å². The van der Waals surface area contributed by atoms with Crippen LogP contribution in [0.2, 0.25) is 0 Å². The molecule has 17 heavy (non-hydrogen) atoms. The van der Waals surface area contributed by atoms with Crippen molar-refractivity contribution in [1.82, 2.24) is 9.88 Å². The number of aromatic amines is 1. The van der Waals surface area contributed by atoms with E-state index in [1.165, 1.54) is 17.2 Å². The van der Waals surface area contributed by atoms with Gasteiger partial charge in [0.15, 0.2) is 5.43 Å². The van der Waals surface area contributed by atoms with Crippen LogP contribution in [0.1, 0.15) is 16.1 Å². The van der Waals surface area contributed by atoms with Crippen LogP contribution in [-0.4, -0.2) is 51.3 Å². The lowest BCUT2D eigenvalue weighted by atomic mass is 10.2. The fourth-order valence-corrected chi connectivity index (χ4v) is 1.85. The maximum absolute atomic E-state index is 12.0. The molecule has 0 saturated carbocycles. The van der Waals surface area contributed by atoms with Crippen LogP contribution in [0.3, 0.4) is 0 Å². The molecule has 1 aliphatic heterocycles. The summed E-state index contributed by atoms with van der Waals surface area (Å²) in [5, 5.41) is 18.7. The molecule has 0 unspecified atom stereocenters. The summed E-state index contributed by atoms with van der Waals surface area (Å²) in [4.78, 5) is 27.6. The molecule has 0 radical (unpaired) electrons. The Labute approximate surface area is 97.5 Å². The monoisotopic (exact) mass is 238 g/mol. The first-order valence-electron chi connectivity index (χ1n) is 5.34. The highest BCUT2D eigenvalue weighted by Gasteiger charge is 2.33. The minimum absolute atomic E-state index is 0.0249. The van der Waals surface area contributed by atoms with Crippen molar-refractivity contribution in [1.29, 1.82) is 0 Å². The molecule has 6 heteroatoms. The lowest BCUT2D eigenvalue weighted by Gasteiger charge is -2.14. The number of amides is 1. The zero-order valence-corrected chi connectivity index (χ0v) is 9.38. The van der Waals surface area contributed by atoms with E-state index in [2.05, 4.69) is 4.98 Å². The van der Waals surface area contributed by atoms with Gasteiger partial charge in [0, 0.05) is 31.0 Å². The predicted octanol–water partition coefficient (Wildman–Crippen LogP) is -1.14. The van der Waals surface area contributed by atoms with E-state index in [1.54, 1.807) is 6.92 Å². The van der Waals surface area contributed by atoms with Gasteiger partial charge in [-0.25, -0.2) is 0 Å². The number of likely N-dealkylation sites (tertiary alicyclic amines) is 1. The van der Waals surface area contributed by atoms with Crippen molar-refractivity contribution < 1.29 is 15.0 Å². The highest BCUT2D eigenvalue weighted by atomic mass is 16.3. The number of hydrogen-bond donors (Lipinski definition) is 3. The summed E-state index contributed by atoms with van der Waals surface area (Å²) in [6, 6.07) is 1.34. The number of carbonyl (C=O) groups is 1. The Morgan fingerprint density at radius 3 is 2.53 bits per heavy atom. The van der Waals surface area contributed by atoms with Crippen molar-refractivity contribution in [2.45, 2.75) is 19.1 Å². The summed E-state index contributed by atoms with van der Waals surface area (Å²) < 4.78 is 0. The van der Waals surface area contributed by atoms with Crippen LogP contribution in [0.25, 0.3) is 0 Å². The van der Waals surface area contributed by atoms with Crippen LogP contribution in [0.4, 0.5) is 0 Å². The number of pyridine rings is 1. The number of nitrogens with zero attached hydrogens (tertiary/aromatic N) is 1. The molecule has 0 bridgehead atoms. The van der Waals surface area contributed by atoms with Gasteiger partial charge in [0.1, 0.15) is 5.56 Å². The standard InChI is InChI=1S/C11H14N2O4/c1-6-2-8(14)7(3-12-6)11(17)13-4-9(15)10(16)5-13/h2-3,9-10,15-16H,4-5H2,1H3,(H,12,14)/t9-,10+. The Morgan fingerprint density at radius 2 is 2.00 bits per heavy atom. The first-order chi connectivity index (χ1) is 7.99. The Balaban J connectivity index is 2.24. The molecule has 1 saturated heterocycles. The van der Waals surface area contributed by atoms with Gasteiger partial charge in [0.25, 0.3) is 5.91 Å². The number of aryl methyl sites for hydroxylation is 1. The first kappa shape index (κ1) is 11.8. The molecular weight excluding hydrogens is 224 g/mol. The van der Waals surface area contributed by atoms with Gasteiger partial charge in [-0.1, -0.05) is 0 Å². The van der Waals surface area contributed by atoms with Crippen LogP contribution < -0.4 is 5.43 Å². The van der Waals surface area contributed by atoms with E-state index in [1.807, 2.05) is 0 Å². The molecule has 0 aliphatic carbocycles. The van der Waals surface area contributed by atoms with Crippen molar-refractivity contribution in [3.63, 3.8) is 0 Å². The number of carbonyl (C=O) groups excluding carboxylic acids is 1. The van der Waals surface area contributed by atoms with Gasteiger partial charge in [-0.2, -0.15) is 0 Å². The molecule has 3 N–H and O–H groups in total. The molecule has 1 aromatic heterocycles. The van der Waals surface area contributed by atoms with Crippen molar-refractivity contribution in [3.8, 4) is 0 Å². The van der Waals surface area contributed by atoms with Crippen molar-refractivity contribution in [2.75, 3.05) is 13.1 Å². The van der Waals surface area contributed by atoms with Crippen molar-refractivity contribution in [3.05, 3.63) is 33.7 Å². The van der Waals surface area contributed by atoms with Gasteiger partial charge in [-0.3, -0.25) is 9.59 Å². The summed E-state index contributed by atoms with van der Waals surface area (Å²) in [6.07, 6.45) is -0.524. The fraction of sp³-hybridized carbons (Fsp3) is 0.455. The number of nitrogens with one attached hydrogen (secondary N) is 1. The third kappa shape index (κ3) is 2.22. The average Bonchev–Trinajstić information content (AvgIpc) is 2.58. The SMILES string of the molecule is Cc1cc(=O)c(C(=O)N2C[C@@H](O)[C@@H](O)C2)c[nH]1. The van der Waals surface area contributed by atoms with Gasteiger partial charge in [0.2, 0.25) is 0 Å². The number of aromatic nitrogens is 1. The summed E-state index contributed by atoms with van der Waals surface area (Å²) in [6.45, 7) is 1.82. The Morgan fingerprint density at radius 1 is 1.41 bits per heavy atom. The van der Waals surface area contributed by atoms with E-state index in [-0.39, 0.29) is 24.1 Å². The maximum atomic E-state index is 12.0. The van der Waals surface area contributed by atoms with E-state index < -0.39 is 18.1 Å². The third-order valence-corrected chi connectivity index (χ3v) is 2.83. The smallest absolute Gasteiger partial charge is 0.259 e. The normalized spacial score (nSPS) is 24.1. The molecule has 1 amide bonds. The van der Waals surface area contributed by atoms with Crippen LogP contribution in [0.15, 0.2) is 17.1 Å². The topological polar surface area (TPSA) is 93.6 Å². The molecule has 0 aromatic carbocycles. The molecule has 1 aliphatic rings. The molecule has 2 rings (SSSR count). The number of H-pyrrole nitrogens is 1. The van der Waals surface area contributed by atoms with E-state index in [4.69, 9.17) is 0 Å². The largest absolute Gasteiger partial charge is 0.388 e. The molecule has 1 aromatic rings. The minimum Gasteiger partial charge on any atom is -0.388 e. The summed E-state index contributed by atoms with van der Waals surface area (Å²) in [5.74, 6) is -0.471. The zero-order valence-electron chi connectivity index (χ0n) is 9.38. The Hall–Kier alpha value is -1.66. The highest BCUT2D eigenvalue weighted by molar-refractivity contribution is 5.94. The van der Waals surface area contributed by atoms with Crippen molar-refractivity contribution in [2.24, 2.45) is 0 Å². The molecule has 0 spiro atoms. The molecular formula is C11H14N2O4. The Bertz CT molecular complexity index is 486. The second-order valence-corrected chi connectivity index (χ2v) is 4.24. The number of β-amino-alcohol motifs (C(OH)–C–C–N with tert-alkyl or cyclic N) is 2. The molecule has 1 fully saturated rings. The lowest BCUT2D eigenvalue weighted by Crippen LogP contribution is -2.33. The summed E-state index contributed by atoms with van der Waals surface area (Å²) >= 11 is 0. The second-order valence-electron chi connectivity index (χ2n) is 4.24. The van der Waals surface area contributed by atoms with E-state index in [9.17, 15) is 19.8 Å². The zero-order chi connectivity index (χ0) is 12.6. The number of rotatable bonds is 1. The average molecular weight is 238 g/mol. The summed E-state index contributed by atoms with van der Waals surface area (Å²) in [7, 11) is 0. The van der Waals surface area contributed by atoms with E-state index in [0.717, 1.165) is 0 Å². The fourth-order valence-electron chi connectivity index (χ4n) is 1.85. The van der Waals surface area contributed by atoms with Gasteiger partial charge in [-0.05, 0) is 6.92 Å². The third-order valence-electron chi connectivity index (χ3n) is 2.83. The maximum Gasteiger partial charge on any atom is 0.259 e. The second kappa shape index (κ2) is 4.31. The number of aliphatic hydroxyl groups excluding tert-OH is 2. The number of hydrogen-bond acceptors (Lipinski definition) is 4. The van der Waals surface area contributed by atoms with Gasteiger partial charge < -0.3 is 20.1 Å². The van der Waals surface area contributed by atoms with Crippen LogP contribution in [0, 0.1) is 6.92 Å². The van der Waals surface area contributed by atoms with E-state index in [0.29, 0.717) is 5.69 Å². The highest BCUT2D eigenvalue weighted by Crippen LogP contribution is 2.12. The Kier molecular flexibility index (Phi) is 2.99. The minimum atomic E-state index is -0.941. The predicted molar refractivity (Wildman–Crippen MR) is 59.7 cm³/mol. The molecule has 2 heterocycles. The molecule has 2 atom stereocenters. The van der Waals surface area contributed by atoms with Crippen LogP contribution in [0.5, 0.6) is 0 Å². The molecule has 92 valence electrons. The van der Waals surface area contributed by atoms with Crippen molar-refractivity contribution >= 4 is 5.91 Å².